The van der Waals surface area contributed by atoms with Crippen LogP contribution in [0.4, 0.5) is 10.5 Å². The average molecular weight is 400 g/mol. The number of aromatic nitrogens is 2. The fourth-order valence-corrected chi connectivity index (χ4v) is 2.97. The van der Waals surface area contributed by atoms with Crippen LogP contribution in [0, 0.1) is 0 Å². The molecule has 1 heterocycles. The SMILES string of the molecule is N/C(=N/OC(=O)Nc1ccccc1)c1nccnc1Sc1ccc(Cl)cc1. The van der Waals surface area contributed by atoms with Gasteiger partial charge in [-0.1, -0.05) is 46.7 Å². The third-order valence-electron chi connectivity index (χ3n) is 3.18. The molecule has 0 radical (unpaired) electrons. The first-order chi connectivity index (χ1) is 13.1. The van der Waals surface area contributed by atoms with Crippen LogP contribution in [0.25, 0.3) is 0 Å². The number of oxime groups is 1. The van der Waals surface area contributed by atoms with Gasteiger partial charge in [0.1, 0.15) is 10.7 Å². The van der Waals surface area contributed by atoms with Crippen LogP contribution in [0.5, 0.6) is 0 Å². The second-order valence-electron chi connectivity index (χ2n) is 5.11. The van der Waals surface area contributed by atoms with Crippen LogP contribution in [0.3, 0.4) is 0 Å². The monoisotopic (exact) mass is 399 g/mol. The van der Waals surface area contributed by atoms with Gasteiger partial charge in [0.15, 0.2) is 5.84 Å². The third kappa shape index (κ3) is 5.44. The van der Waals surface area contributed by atoms with Gasteiger partial charge in [-0.3, -0.25) is 10.2 Å². The van der Waals surface area contributed by atoms with Crippen molar-refractivity contribution in [1.82, 2.24) is 9.97 Å². The Labute approximate surface area is 164 Å². The number of rotatable bonds is 5. The lowest BCUT2D eigenvalue weighted by Gasteiger charge is -2.07. The molecule has 0 spiro atoms. The summed E-state index contributed by atoms with van der Waals surface area (Å²) < 4.78 is 0. The van der Waals surface area contributed by atoms with Gasteiger partial charge in [-0.05, 0) is 36.4 Å². The fourth-order valence-electron chi connectivity index (χ4n) is 1.99. The van der Waals surface area contributed by atoms with Gasteiger partial charge in [0.2, 0.25) is 0 Å². The van der Waals surface area contributed by atoms with Crippen molar-refractivity contribution in [3.05, 3.63) is 77.7 Å². The number of carbonyl (C=O) groups is 1. The summed E-state index contributed by atoms with van der Waals surface area (Å²) in [6.45, 7) is 0. The highest BCUT2D eigenvalue weighted by molar-refractivity contribution is 7.99. The number of anilines is 1. The Morgan fingerprint density at radius 2 is 1.78 bits per heavy atom. The molecule has 0 saturated heterocycles. The maximum atomic E-state index is 11.8. The first-order valence-corrected chi connectivity index (χ1v) is 8.92. The number of carbonyl (C=O) groups excluding carboxylic acids is 1. The molecule has 0 aliphatic heterocycles. The Kier molecular flexibility index (Phi) is 6.24. The predicted molar refractivity (Wildman–Crippen MR) is 105 cm³/mol. The zero-order chi connectivity index (χ0) is 19.1. The average Bonchev–Trinajstić information content (AvgIpc) is 2.69. The molecule has 1 aromatic heterocycles. The highest BCUT2D eigenvalue weighted by Crippen LogP contribution is 2.28. The van der Waals surface area contributed by atoms with Crippen LogP contribution in [0.2, 0.25) is 5.02 Å². The molecule has 2 aromatic carbocycles. The van der Waals surface area contributed by atoms with E-state index in [0.717, 1.165) is 4.90 Å². The molecular formula is C18H14ClN5O2S. The van der Waals surface area contributed by atoms with Crippen molar-refractivity contribution in [3.8, 4) is 0 Å². The Bertz CT molecular complexity index is 951. The number of amidine groups is 1. The van der Waals surface area contributed by atoms with Crippen molar-refractivity contribution in [2.24, 2.45) is 10.9 Å². The zero-order valence-electron chi connectivity index (χ0n) is 13.9. The van der Waals surface area contributed by atoms with Gasteiger partial charge < -0.3 is 5.73 Å². The third-order valence-corrected chi connectivity index (χ3v) is 4.43. The number of amides is 1. The molecule has 0 aliphatic carbocycles. The van der Waals surface area contributed by atoms with Crippen LogP contribution in [0.1, 0.15) is 5.69 Å². The quantitative estimate of drug-likeness (QED) is 0.289. The molecule has 3 N–H and O–H groups in total. The normalized spacial score (nSPS) is 11.1. The van der Waals surface area contributed by atoms with E-state index in [9.17, 15) is 4.79 Å². The molecule has 0 aliphatic rings. The molecule has 7 nitrogen and oxygen atoms in total. The zero-order valence-corrected chi connectivity index (χ0v) is 15.4. The first-order valence-electron chi connectivity index (χ1n) is 7.73. The summed E-state index contributed by atoms with van der Waals surface area (Å²) in [5.74, 6) is -0.0669. The molecule has 0 atom stereocenters. The Morgan fingerprint density at radius 3 is 2.52 bits per heavy atom. The minimum atomic E-state index is -0.764. The van der Waals surface area contributed by atoms with E-state index in [1.165, 1.54) is 24.2 Å². The summed E-state index contributed by atoms with van der Waals surface area (Å²) in [4.78, 5) is 25.9. The number of para-hydroxylation sites is 1. The second-order valence-corrected chi connectivity index (χ2v) is 6.61. The van der Waals surface area contributed by atoms with Crippen molar-refractivity contribution in [1.29, 1.82) is 0 Å². The van der Waals surface area contributed by atoms with Crippen LogP contribution < -0.4 is 11.1 Å². The van der Waals surface area contributed by atoms with Gasteiger partial charge in [-0.15, -0.1) is 0 Å². The highest BCUT2D eigenvalue weighted by Gasteiger charge is 2.13. The fraction of sp³-hybridized carbons (Fsp3) is 0. The van der Waals surface area contributed by atoms with Gasteiger partial charge in [-0.25, -0.2) is 14.8 Å². The summed E-state index contributed by atoms with van der Waals surface area (Å²) >= 11 is 7.23. The van der Waals surface area contributed by atoms with Crippen LogP contribution >= 0.6 is 23.4 Å². The number of hydrogen-bond acceptors (Lipinski definition) is 6. The number of nitrogens with two attached hydrogens (primary N) is 1. The van der Waals surface area contributed by atoms with Crippen molar-refractivity contribution in [2.45, 2.75) is 9.92 Å². The van der Waals surface area contributed by atoms with E-state index in [4.69, 9.17) is 22.2 Å². The Hall–Kier alpha value is -3.10. The summed E-state index contributed by atoms with van der Waals surface area (Å²) in [7, 11) is 0. The summed E-state index contributed by atoms with van der Waals surface area (Å²) in [5.41, 5.74) is 6.81. The summed E-state index contributed by atoms with van der Waals surface area (Å²) in [6.07, 6.45) is 2.26. The minimum Gasteiger partial charge on any atom is -0.379 e. The van der Waals surface area contributed by atoms with Crippen LogP contribution in [0.15, 0.2) is 82.1 Å². The summed E-state index contributed by atoms with van der Waals surface area (Å²) in [6, 6.07) is 16.1. The van der Waals surface area contributed by atoms with Gasteiger partial charge in [0.05, 0.1) is 0 Å². The Balaban J connectivity index is 1.70. The highest BCUT2D eigenvalue weighted by atomic mass is 35.5. The molecule has 0 unspecified atom stereocenters. The lowest BCUT2D eigenvalue weighted by atomic mass is 10.3. The molecular weight excluding hydrogens is 386 g/mol. The van der Waals surface area contributed by atoms with E-state index in [2.05, 4.69) is 20.4 Å². The van der Waals surface area contributed by atoms with Crippen molar-refractivity contribution < 1.29 is 9.63 Å². The molecule has 27 heavy (non-hydrogen) atoms. The maximum Gasteiger partial charge on any atom is 0.437 e. The maximum absolute atomic E-state index is 11.8. The summed E-state index contributed by atoms with van der Waals surface area (Å²) in [5, 5.41) is 7.34. The van der Waals surface area contributed by atoms with E-state index in [1.54, 1.807) is 36.4 Å². The number of benzene rings is 2. The lowest BCUT2D eigenvalue weighted by molar-refractivity contribution is 0.166. The van der Waals surface area contributed by atoms with E-state index >= 15 is 0 Å². The van der Waals surface area contributed by atoms with E-state index < -0.39 is 6.09 Å². The van der Waals surface area contributed by atoms with Crippen molar-refractivity contribution in [3.63, 3.8) is 0 Å². The molecule has 9 heteroatoms. The molecule has 0 fully saturated rings. The lowest BCUT2D eigenvalue weighted by Crippen LogP contribution is -2.19. The number of halogens is 1. The van der Waals surface area contributed by atoms with E-state index in [0.29, 0.717) is 21.4 Å². The predicted octanol–water partition coefficient (Wildman–Crippen LogP) is 4.15. The number of hydrogen-bond donors (Lipinski definition) is 2. The van der Waals surface area contributed by atoms with Crippen molar-refractivity contribution in [2.75, 3.05) is 5.32 Å². The van der Waals surface area contributed by atoms with Gasteiger partial charge in [-0.2, -0.15) is 0 Å². The number of nitrogens with zero attached hydrogens (tertiary/aromatic N) is 3. The van der Waals surface area contributed by atoms with Gasteiger partial charge in [0, 0.05) is 28.0 Å². The molecule has 3 aromatic rings. The standard InChI is InChI=1S/C18H14ClN5O2S/c19-12-6-8-14(9-7-12)27-17-15(21-10-11-22-17)16(20)24-26-18(25)23-13-4-2-1-3-5-13/h1-11H,(H2,20,24)(H,23,25). The minimum absolute atomic E-state index is 0.0669. The van der Waals surface area contributed by atoms with Crippen LogP contribution in [-0.2, 0) is 4.84 Å². The van der Waals surface area contributed by atoms with E-state index in [-0.39, 0.29) is 5.84 Å². The molecule has 1 amide bonds. The van der Waals surface area contributed by atoms with Gasteiger partial charge in [0.25, 0.3) is 0 Å². The van der Waals surface area contributed by atoms with Crippen LogP contribution in [-0.4, -0.2) is 21.9 Å². The molecule has 0 bridgehead atoms. The molecule has 136 valence electrons. The van der Waals surface area contributed by atoms with Gasteiger partial charge >= 0.3 is 6.09 Å². The van der Waals surface area contributed by atoms with E-state index in [1.807, 2.05) is 18.2 Å². The largest absolute Gasteiger partial charge is 0.437 e. The topological polar surface area (TPSA) is 102 Å². The first kappa shape index (κ1) is 18.7. The molecule has 0 saturated carbocycles. The number of nitrogens with one attached hydrogen (secondary N) is 1. The Morgan fingerprint density at radius 1 is 1.07 bits per heavy atom. The van der Waals surface area contributed by atoms with Crippen molar-refractivity contribution >= 4 is 41.0 Å². The smallest absolute Gasteiger partial charge is 0.379 e. The second kappa shape index (κ2) is 9.02. The molecule has 3 rings (SSSR count).